The number of rotatable bonds is 6. The molecule has 1 rings (SSSR count). The van der Waals surface area contributed by atoms with Crippen molar-refractivity contribution in [3.63, 3.8) is 0 Å². The molecule has 0 saturated heterocycles. The maximum Gasteiger partial charge on any atom is 0.244 e. The van der Waals surface area contributed by atoms with E-state index in [1.165, 1.54) is 18.3 Å². The van der Waals surface area contributed by atoms with Crippen molar-refractivity contribution < 1.29 is 16.8 Å². The Morgan fingerprint density at radius 2 is 1.78 bits per heavy atom. The molecule has 0 aliphatic heterocycles. The SMILES string of the molecule is CS(=O)(=O)N/N=C/CCS(=O)(=O)c1ccccc1. The highest BCUT2D eigenvalue weighted by molar-refractivity contribution is 7.91. The van der Waals surface area contributed by atoms with E-state index in [0.717, 1.165) is 6.26 Å². The van der Waals surface area contributed by atoms with Gasteiger partial charge in [-0.1, -0.05) is 18.2 Å². The van der Waals surface area contributed by atoms with E-state index in [4.69, 9.17) is 0 Å². The lowest BCUT2D eigenvalue weighted by Gasteiger charge is -2.01. The molecule has 0 saturated carbocycles. The van der Waals surface area contributed by atoms with Gasteiger partial charge in [0.2, 0.25) is 10.0 Å². The number of nitrogens with zero attached hydrogens (tertiary/aromatic N) is 1. The molecule has 0 fully saturated rings. The van der Waals surface area contributed by atoms with E-state index >= 15 is 0 Å². The molecule has 1 aromatic rings. The fraction of sp³-hybridized carbons (Fsp3) is 0.300. The second-order valence-corrected chi connectivity index (χ2v) is 7.43. The number of sulfone groups is 1. The summed E-state index contributed by atoms with van der Waals surface area (Å²) in [4.78, 5) is 2.14. The van der Waals surface area contributed by atoms with Gasteiger partial charge < -0.3 is 0 Å². The van der Waals surface area contributed by atoms with Crippen LogP contribution in [-0.4, -0.2) is 35.1 Å². The highest BCUT2D eigenvalue weighted by atomic mass is 32.2. The summed E-state index contributed by atoms with van der Waals surface area (Å²) >= 11 is 0. The highest BCUT2D eigenvalue weighted by Gasteiger charge is 2.12. The van der Waals surface area contributed by atoms with E-state index in [1.54, 1.807) is 18.2 Å². The average Bonchev–Trinajstić information content (AvgIpc) is 2.28. The summed E-state index contributed by atoms with van der Waals surface area (Å²) in [5.41, 5.74) is 0. The normalized spacial score (nSPS) is 12.7. The zero-order valence-corrected chi connectivity index (χ0v) is 11.4. The summed E-state index contributed by atoms with van der Waals surface area (Å²) in [5.74, 6) is -0.119. The number of hydrogen-bond donors (Lipinski definition) is 1. The van der Waals surface area contributed by atoms with Crippen LogP contribution in [0.4, 0.5) is 0 Å². The Morgan fingerprint density at radius 3 is 2.33 bits per heavy atom. The van der Waals surface area contributed by atoms with E-state index in [-0.39, 0.29) is 17.1 Å². The van der Waals surface area contributed by atoms with Crippen molar-refractivity contribution in [2.45, 2.75) is 11.3 Å². The molecule has 6 nitrogen and oxygen atoms in total. The van der Waals surface area contributed by atoms with Gasteiger partial charge in [0.15, 0.2) is 9.84 Å². The number of sulfonamides is 1. The summed E-state index contributed by atoms with van der Waals surface area (Å²) in [6.45, 7) is 0. The van der Waals surface area contributed by atoms with Crippen LogP contribution in [0.5, 0.6) is 0 Å². The zero-order chi connectivity index (χ0) is 13.6. The van der Waals surface area contributed by atoms with Crippen LogP contribution in [0.15, 0.2) is 40.3 Å². The third kappa shape index (κ3) is 5.28. The Hall–Kier alpha value is -1.41. The monoisotopic (exact) mass is 290 g/mol. The Morgan fingerprint density at radius 1 is 1.17 bits per heavy atom. The molecule has 0 atom stereocenters. The molecule has 0 aliphatic carbocycles. The molecule has 100 valence electrons. The molecule has 0 spiro atoms. The molecule has 0 amide bonds. The Labute approximate surface area is 107 Å². The van der Waals surface area contributed by atoms with Crippen LogP contribution in [0.3, 0.4) is 0 Å². The van der Waals surface area contributed by atoms with Gasteiger partial charge in [-0.2, -0.15) is 5.10 Å². The van der Waals surface area contributed by atoms with Gasteiger partial charge in [-0.25, -0.2) is 21.7 Å². The second kappa shape index (κ2) is 5.96. The highest BCUT2D eigenvalue weighted by Crippen LogP contribution is 2.10. The first-order valence-electron chi connectivity index (χ1n) is 5.07. The van der Waals surface area contributed by atoms with Crippen molar-refractivity contribution in [1.29, 1.82) is 0 Å². The number of benzene rings is 1. The van der Waals surface area contributed by atoms with E-state index in [2.05, 4.69) is 5.10 Å². The van der Waals surface area contributed by atoms with Gasteiger partial charge in [0.1, 0.15) is 0 Å². The number of hydrogen-bond acceptors (Lipinski definition) is 5. The molecule has 0 bridgehead atoms. The molecular weight excluding hydrogens is 276 g/mol. The first kappa shape index (κ1) is 14.7. The molecule has 1 N–H and O–H groups in total. The predicted octanol–water partition coefficient (Wildman–Crippen LogP) is 0.385. The molecule has 8 heteroatoms. The van der Waals surface area contributed by atoms with Crippen molar-refractivity contribution in [3.8, 4) is 0 Å². The third-order valence-corrected chi connectivity index (χ3v) is 4.13. The Balaban J connectivity index is 2.54. The fourth-order valence-electron chi connectivity index (χ4n) is 1.15. The van der Waals surface area contributed by atoms with Crippen LogP contribution in [0.25, 0.3) is 0 Å². The minimum absolute atomic E-state index is 0.119. The summed E-state index contributed by atoms with van der Waals surface area (Å²) in [5, 5.41) is 3.41. The molecule has 0 aromatic heterocycles. The van der Waals surface area contributed by atoms with E-state index in [9.17, 15) is 16.8 Å². The van der Waals surface area contributed by atoms with Crippen molar-refractivity contribution >= 4 is 26.1 Å². The van der Waals surface area contributed by atoms with Crippen LogP contribution in [0.2, 0.25) is 0 Å². The number of hydrazone groups is 1. The lowest BCUT2D eigenvalue weighted by atomic mass is 10.4. The lowest BCUT2D eigenvalue weighted by molar-refractivity contribution is 0.590. The van der Waals surface area contributed by atoms with Gasteiger partial charge in [-0.05, 0) is 18.6 Å². The van der Waals surface area contributed by atoms with Crippen molar-refractivity contribution in [2.24, 2.45) is 5.10 Å². The van der Waals surface area contributed by atoms with Gasteiger partial charge in [-0.15, -0.1) is 0 Å². The van der Waals surface area contributed by atoms with Crippen LogP contribution in [0.1, 0.15) is 6.42 Å². The molecule has 1 aromatic carbocycles. The molecule has 18 heavy (non-hydrogen) atoms. The van der Waals surface area contributed by atoms with E-state index < -0.39 is 19.9 Å². The Bertz CT molecular complexity index is 607. The summed E-state index contributed by atoms with van der Waals surface area (Å²) in [6, 6.07) is 8.05. The topological polar surface area (TPSA) is 92.7 Å². The van der Waals surface area contributed by atoms with E-state index in [0.29, 0.717) is 0 Å². The van der Waals surface area contributed by atoms with Crippen LogP contribution >= 0.6 is 0 Å². The van der Waals surface area contributed by atoms with Gasteiger partial charge >= 0.3 is 0 Å². The summed E-state index contributed by atoms with van der Waals surface area (Å²) in [7, 11) is -6.73. The third-order valence-electron chi connectivity index (χ3n) is 1.93. The van der Waals surface area contributed by atoms with Crippen molar-refractivity contribution in [1.82, 2.24) is 4.83 Å². The van der Waals surface area contributed by atoms with Crippen molar-refractivity contribution in [2.75, 3.05) is 12.0 Å². The number of nitrogens with one attached hydrogen (secondary N) is 1. The quantitative estimate of drug-likeness (QED) is 0.605. The van der Waals surface area contributed by atoms with Crippen LogP contribution in [-0.2, 0) is 19.9 Å². The minimum atomic E-state index is -3.39. The average molecular weight is 290 g/mol. The first-order chi connectivity index (χ1) is 8.31. The minimum Gasteiger partial charge on any atom is -0.224 e. The Kier molecular flexibility index (Phi) is 4.85. The van der Waals surface area contributed by atoms with Crippen LogP contribution in [0, 0.1) is 0 Å². The van der Waals surface area contributed by atoms with Gasteiger partial charge in [0.05, 0.1) is 16.9 Å². The lowest BCUT2D eigenvalue weighted by Crippen LogP contribution is -2.16. The van der Waals surface area contributed by atoms with E-state index in [1.807, 2.05) is 4.83 Å². The maximum absolute atomic E-state index is 11.8. The van der Waals surface area contributed by atoms with Gasteiger partial charge in [0, 0.05) is 6.21 Å². The van der Waals surface area contributed by atoms with Gasteiger partial charge in [-0.3, -0.25) is 0 Å². The molecular formula is C10H14N2O4S2. The molecule has 0 aliphatic rings. The molecule has 0 unspecified atom stereocenters. The summed E-state index contributed by atoms with van der Waals surface area (Å²) < 4.78 is 44.9. The standard InChI is InChI=1S/C10H14N2O4S2/c1-17(13,14)12-11-8-5-9-18(15,16)10-6-3-2-4-7-10/h2-4,6-8,12H,5,9H2,1H3/b11-8+. The first-order valence-corrected chi connectivity index (χ1v) is 8.62. The second-order valence-electron chi connectivity index (χ2n) is 3.60. The molecule has 0 radical (unpaired) electrons. The van der Waals surface area contributed by atoms with Gasteiger partial charge in [0.25, 0.3) is 0 Å². The van der Waals surface area contributed by atoms with Crippen molar-refractivity contribution in [3.05, 3.63) is 30.3 Å². The predicted molar refractivity (Wildman–Crippen MR) is 69.6 cm³/mol. The smallest absolute Gasteiger partial charge is 0.224 e. The summed E-state index contributed by atoms with van der Waals surface area (Å²) in [6.07, 6.45) is 2.33. The fourth-order valence-corrected chi connectivity index (χ4v) is 2.64. The maximum atomic E-state index is 11.8. The molecule has 0 heterocycles. The largest absolute Gasteiger partial charge is 0.244 e. The van der Waals surface area contributed by atoms with Crippen LogP contribution < -0.4 is 4.83 Å². The zero-order valence-electron chi connectivity index (χ0n) is 9.78.